The van der Waals surface area contributed by atoms with Gasteiger partial charge in [0.2, 0.25) is 0 Å². The molecule has 0 amide bonds. The van der Waals surface area contributed by atoms with Gasteiger partial charge in [0.05, 0.1) is 0 Å². The van der Waals surface area contributed by atoms with E-state index in [0.29, 0.717) is 11.6 Å². The van der Waals surface area contributed by atoms with E-state index in [0.717, 1.165) is 9.99 Å². The Hall–Kier alpha value is -0.450. The molecule has 3 heteroatoms. The van der Waals surface area contributed by atoms with E-state index < -0.39 is 0 Å². The van der Waals surface area contributed by atoms with E-state index in [2.05, 4.69) is 41.4 Å². The monoisotopic (exact) mass is 275 g/mol. The summed E-state index contributed by atoms with van der Waals surface area (Å²) in [4.78, 5) is 14.5. The molecule has 0 aliphatic rings. The molecule has 0 saturated heterocycles. The van der Waals surface area contributed by atoms with Crippen molar-refractivity contribution in [2.75, 3.05) is 0 Å². The average molecular weight is 275 g/mol. The molecule has 1 aromatic heterocycles. The van der Waals surface area contributed by atoms with Crippen LogP contribution in [0.1, 0.15) is 35.8 Å². The molecular weight excluding hydrogens is 265 g/mol. The fourth-order valence-electron chi connectivity index (χ4n) is 0.955. The SMILES string of the molecule is CC(C)c1ccc(C=O)nc1I. The Kier molecular flexibility index (Phi) is 3.20. The number of aldehydes is 1. The van der Waals surface area contributed by atoms with Crippen LogP contribution in [0, 0.1) is 3.70 Å². The fraction of sp³-hybridized carbons (Fsp3) is 0.333. The van der Waals surface area contributed by atoms with Crippen molar-refractivity contribution >= 4 is 28.9 Å². The van der Waals surface area contributed by atoms with Crippen LogP contribution in [0.3, 0.4) is 0 Å². The van der Waals surface area contributed by atoms with Crippen LogP contribution in [-0.4, -0.2) is 11.3 Å². The number of hydrogen-bond donors (Lipinski definition) is 0. The van der Waals surface area contributed by atoms with Crippen molar-refractivity contribution in [3.63, 3.8) is 0 Å². The summed E-state index contributed by atoms with van der Waals surface area (Å²) in [6.07, 6.45) is 0.770. The van der Waals surface area contributed by atoms with Crippen LogP contribution < -0.4 is 0 Å². The Morgan fingerprint density at radius 3 is 2.58 bits per heavy atom. The lowest BCUT2D eigenvalue weighted by molar-refractivity contribution is 0.111. The number of pyridine rings is 1. The summed E-state index contributed by atoms with van der Waals surface area (Å²) < 4.78 is 0.923. The predicted molar refractivity (Wildman–Crippen MR) is 56.4 cm³/mol. The quantitative estimate of drug-likeness (QED) is 0.472. The highest BCUT2D eigenvalue weighted by Crippen LogP contribution is 2.19. The molecular formula is C9H10INO. The van der Waals surface area contributed by atoms with Crippen LogP contribution in [-0.2, 0) is 0 Å². The molecule has 0 aliphatic carbocycles. The van der Waals surface area contributed by atoms with Gasteiger partial charge in [0.15, 0.2) is 6.29 Å². The molecule has 0 aromatic carbocycles. The summed E-state index contributed by atoms with van der Waals surface area (Å²) in [6.45, 7) is 4.22. The molecule has 0 atom stereocenters. The molecule has 64 valence electrons. The lowest BCUT2D eigenvalue weighted by Crippen LogP contribution is -1.97. The van der Waals surface area contributed by atoms with Crippen molar-refractivity contribution < 1.29 is 4.79 Å². The molecule has 0 fully saturated rings. The smallest absolute Gasteiger partial charge is 0.168 e. The molecule has 0 unspecified atom stereocenters. The van der Waals surface area contributed by atoms with Crippen molar-refractivity contribution in [1.82, 2.24) is 4.98 Å². The van der Waals surface area contributed by atoms with E-state index in [1.807, 2.05) is 6.07 Å². The Balaban J connectivity index is 3.11. The van der Waals surface area contributed by atoms with Gasteiger partial charge in [-0.2, -0.15) is 0 Å². The maximum atomic E-state index is 10.4. The van der Waals surface area contributed by atoms with Crippen molar-refractivity contribution in [2.45, 2.75) is 19.8 Å². The maximum Gasteiger partial charge on any atom is 0.168 e. The number of hydrogen-bond acceptors (Lipinski definition) is 2. The highest BCUT2D eigenvalue weighted by molar-refractivity contribution is 14.1. The summed E-state index contributed by atoms with van der Waals surface area (Å²) in [5, 5.41) is 0. The molecule has 0 bridgehead atoms. The van der Waals surface area contributed by atoms with Gasteiger partial charge >= 0.3 is 0 Å². The van der Waals surface area contributed by atoms with Gasteiger partial charge in [-0.25, -0.2) is 4.98 Å². The number of halogens is 1. The Bertz CT molecular complexity index is 297. The van der Waals surface area contributed by atoms with E-state index in [1.54, 1.807) is 6.07 Å². The number of aromatic nitrogens is 1. The number of carbonyl (C=O) groups is 1. The Labute approximate surface area is 85.5 Å². The first-order valence-corrected chi connectivity index (χ1v) is 4.84. The molecule has 12 heavy (non-hydrogen) atoms. The molecule has 1 rings (SSSR count). The minimum absolute atomic E-state index is 0.463. The van der Waals surface area contributed by atoms with E-state index in [4.69, 9.17) is 0 Å². The third-order valence-electron chi connectivity index (χ3n) is 1.64. The second-order valence-electron chi connectivity index (χ2n) is 2.89. The topological polar surface area (TPSA) is 30.0 Å². The zero-order chi connectivity index (χ0) is 9.14. The Morgan fingerprint density at radius 1 is 1.50 bits per heavy atom. The molecule has 2 nitrogen and oxygen atoms in total. The van der Waals surface area contributed by atoms with Crippen LogP contribution in [0.15, 0.2) is 12.1 Å². The molecule has 1 aromatic rings. The van der Waals surface area contributed by atoms with Crippen molar-refractivity contribution in [3.05, 3.63) is 27.1 Å². The summed E-state index contributed by atoms with van der Waals surface area (Å²) in [6, 6.07) is 3.72. The number of nitrogens with zero attached hydrogens (tertiary/aromatic N) is 1. The van der Waals surface area contributed by atoms with Crippen LogP contribution >= 0.6 is 22.6 Å². The van der Waals surface area contributed by atoms with E-state index >= 15 is 0 Å². The van der Waals surface area contributed by atoms with E-state index in [1.165, 1.54) is 5.56 Å². The second kappa shape index (κ2) is 3.98. The van der Waals surface area contributed by atoms with Crippen LogP contribution in [0.5, 0.6) is 0 Å². The predicted octanol–water partition coefficient (Wildman–Crippen LogP) is 2.62. The van der Waals surface area contributed by atoms with Crippen molar-refractivity contribution in [1.29, 1.82) is 0 Å². The lowest BCUT2D eigenvalue weighted by atomic mass is 10.1. The number of carbonyl (C=O) groups excluding carboxylic acids is 1. The molecule has 0 N–H and O–H groups in total. The summed E-state index contributed by atoms with van der Waals surface area (Å²) in [5.74, 6) is 0.463. The van der Waals surface area contributed by atoms with Gasteiger partial charge in [-0.05, 0) is 40.1 Å². The standard InChI is InChI=1S/C9H10INO/c1-6(2)8-4-3-7(5-12)11-9(8)10/h3-6H,1-2H3. The maximum absolute atomic E-state index is 10.4. The highest BCUT2D eigenvalue weighted by Gasteiger charge is 2.05. The summed E-state index contributed by atoms with van der Waals surface area (Å²) in [7, 11) is 0. The van der Waals surface area contributed by atoms with Crippen LogP contribution in [0.25, 0.3) is 0 Å². The van der Waals surface area contributed by atoms with Crippen molar-refractivity contribution in [3.8, 4) is 0 Å². The van der Waals surface area contributed by atoms with Gasteiger partial charge in [0.1, 0.15) is 9.39 Å². The average Bonchev–Trinajstić information content (AvgIpc) is 2.03. The zero-order valence-electron chi connectivity index (χ0n) is 7.04. The summed E-state index contributed by atoms with van der Waals surface area (Å²) in [5.41, 5.74) is 1.70. The second-order valence-corrected chi connectivity index (χ2v) is 3.91. The molecule has 0 spiro atoms. The van der Waals surface area contributed by atoms with Crippen LogP contribution in [0.4, 0.5) is 0 Å². The van der Waals surface area contributed by atoms with E-state index in [-0.39, 0.29) is 0 Å². The third-order valence-corrected chi connectivity index (χ3v) is 2.51. The largest absolute Gasteiger partial charge is 0.296 e. The van der Waals surface area contributed by atoms with Gasteiger partial charge < -0.3 is 0 Å². The Morgan fingerprint density at radius 2 is 2.17 bits per heavy atom. The minimum atomic E-state index is 0.463. The first-order valence-electron chi connectivity index (χ1n) is 3.76. The molecule has 0 radical (unpaired) electrons. The molecule has 0 aliphatic heterocycles. The van der Waals surface area contributed by atoms with Gasteiger partial charge in [-0.1, -0.05) is 19.9 Å². The normalized spacial score (nSPS) is 10.3. The van der Waals surface area contributed by atoms with Gasteiger partial charge in [0.25, 0.3) is 0 Å². The summed E-state index contributed by atoms with van der Waals surface area (Å²) >= 11 is 2.15. The minimum Gasteiger partial charge on any atom is -0.296 e. The highest BCUT2D eigenvalue weighted by atomic mass is 127. The van der Waals surface area contributed by atoms with Gasteiger partial charge in [-0.15, -0.1) is 0 Å². The zero-order valence-corrected chi connectivity index (χ0v) is 9.20. The molecule has 1 heterocycles. The fourth-order valence-corrected chi connectivity index (χ4v) is 2.04. The van der Waals surface area contributed by atoms with Gasteiger partial charge in [-0.3, -0.25) is 4.79 Å². The lowest BCUT2D eigenvalue weighted by Gasteiger charge is -2.06. The van der Waals surface area contributed by atoms with Crippen molar-refractivity contribution in [2.24, 2.45) is 0 Å². The van der Waals surface area contributed by atoms with Gasteiger partial charge in [0, 0.05) is 0 Å². The van der Waals surface area contributed by atoms with E-state index in [9.17, 15) is 4.79 Å². The number of rotatable bonds is 2. The first-order chi connectivity index (χ1) is 5.65. The van der Waals surface area contributed by atoms with Crippen LogP contribution in [0.2, 0.25) is 0 Å². The first kappa shape index (κ1) is 9.64. The third kappa shape index (κ3) is 2.03. The molecule has 0 saturated carbocycles.